The first kappa shape index (κ1) is 13.7. The van der Waals surface area contributed by atoms with Gasteiger partial charge in [-0.25, -0.2) is 9.97 Å². The molecule has 4 rings (SSSR count). The van der Waals surface area contributed by atoms with Gasteiger partial charge in [0, 0.05) is 35.4 Å². The van der Waals surface area contributed by atoms with E-state index in [1.807, 2.05) is 30.5 Å². The summed E-state index contributed by atoms with van der Waals surface area (Å²) in [4.78, 5) is 16.7. The Morgan fingerprint density at radius 3 is 3.00 bits per heavy atom. The summed E-state index contributed by atoms with van der Waals surface area (Å²) in [6, 6.07) is 10.0. The van der Waals surface area contributed by atoms with Gasteiger partial charge in [0.1, 0.15) is 5.49 Å². The van der Waals surface area contributed by atoms with Crippen LogP contribution >= 0.6 is 0 Å². The monoisotopic (exact) mass is 303 g/mol. The van der Waals surface area contributed by atoms with E-state index in [0.29, 0.717) is 5.95 Å². The Hall–Kier alpha value is -2.95. The quantitative estimate of drug-likeness (QED) is 0.780. The SMILES string of the molecule is Cc1ccccc1Nc1nccc(-c2c[nH]c3c2=CCCN=3)n1. The highest BCUT2D eigenvalue weighted by molar-refractivity contribution is 5.64. The first-order valence-corrected chi connectivity index (χ1v) is 7.69. The predicted octanol–water partition coefficient (Wildman–Crippen LogP) is 2.33. The zero-order valence-electron chi connectivity index (χ0n) is 12.9. The molecule has 0 saturated carbocycles. The Balaban J connectivity index is 1.73. The highest BCUT2D eigenvalue weighted by atomic mass is 15.1. The lowest BCUT2D eigenvalue weighted by atomic mass is 10.1. The number of benzene rings is 1. The molecule has 0 amide bonds. The Morgan fingerprint density at radius 2 is 2.09 bits per heavy atom. The van der Waals surface area contributed by atoms with Crippen LogP contribution in [0.1, 0.15) is 12.0 Å². The summed E-state index contributed by atoms with van der Waals surface area (Å²) in [5, 5.41) is 4.42. The van der Waals surface area contributed by atoms with Crippen LogP contribution in [-0.4, -0.2) is 21.5 Å². The number of H-pyrrole nitrogens is 1. The molecule has 0 fully saturated rings. The Labute approximate surface area is 133 Å². The molecule has 5 nitrogen and oxygen atoms in total. The normalized spacial score (nSPS) is 12.9. The van der Waals surface area contributed by atoms with Gasteiger partial charge in [0.15, 0.2) is 0 Å². The maximum absolute atomic E-state index is 4.66. The van der Waals surface area contributed by atoms with Gasteiger partial charge in [-0.05, 0) is 31.0 Å². The molecule has 2 N–H and O–H groups in total. The van der Waals surface area contributed by atoms with E-state index in [2.05, 4.69) is 44.3 Å². The minimum atomic E-state index is 0.597. The third-order valence-corrected chi connectivity index (χ3v) is 3.97. The Kier molecular flexibility index (Phi) is 3.38. The summed E-state index contributed by atoms with van der Waals surface area (Å²) >= 11 is 0. The number of anilines is 2. The molecular weight excluding hydrogens is 286 g/mol. The molecule has 5 heteroatoms. The molecule has 0 saturated heterocycles. The van der Waals surface area contributed by atoms with Crippen molar-refractivity contribution >= 4 is 17.7 Å². The number of aromatic nitrogens is 3. The lowest BCUT2D eigenvalue weighted by Crippen LogP contribution is -2.27. The fourth-order valence-corrected chi connectivity index (χ4v) is 2.76. The molecule has 1 aromatic carbocycles. The van der Waals surface area contributed by atoms with Gasteiger partial charge in [-0.15, -0.1) is 0 Å². The van der Waals surface area contributed by atoms with Gasteiger partial charge in [0.2, 0.25) is 5.95 Å². The molecule has 114 valence electrons. The second kappa shape index (κ2) is 5.68. The summed E-state index contributed by atoms with van der Waals surface area (Å²) in [7, 11) is 0. The van der Waals surface area contributed by atoms with Crippen molar-refractivity contribution in [1.29, 1.82) is 0 Å². The highest BCUT2D eigenvalue weighted by Gasteiger charge is 2.09. The molecule has 0 unspecified atom stereocenters. The average molecular weight is 303 g/mol. The number of nitrogens with zero attached hydrogens (tertiary/aromatic N) is 3. The Morgan fingerprint density at radius 1 is 1.17 bits per heavy atom. The van der Waals surface area contributed by atoms with Crippen LogP contribution < -0.4 is 16.0 Å². The van der Waals surface area contributed by atoms with Crippen LogP contribution in [0.2, 0.25) is 0 Å². The average Bonchev–Trinajstić information content (AvgIpc) is 3.01. The van der Waals surface area contributed by atoms with Gasteiger partial charge in [0.05, 0.1) is 5.69 Å². The summed E-state index contributed by atoms with van der Waals surface area (Å²) in [6.45, 7) is 2.90. The summed E-state index contributed by atoms with van der Waals surface area (Å²) in [5.41, 5.74) is 5.08. The minimum absolute atomic E-state index is 0.597. The van der Waals surface area contributed by atoms with Crippen molar-refractivity contribution < 1.29 is 0 Å². The zero-order chi connectivity index (χ0) is 15.6. The maximum Gasteiger partial charge on any atom is 0.227 e. The van der Waals surface area contributed by atoms with Crippen molar-refractivity contribution in [2.75, 3.05) is 11.9 Å². The third kappa shape index (κ3) is 2.61. The van der Waals surface area contributed by atoms with Crippen LogP contribution in [0.4, 0.5) is 11.6 Å². The molecule has 0 spiro atoms. The van der Waals surface area contributed by atoms with Crippen molar-refractivity contribution in [1.82, 2.24) is 15.0 Å². The van der Waals surface area contributed by atoms with Crippen LogP contribution in [0.5, 0.6) is 0 Å². The number of para-hydroxylation sites is 1. The van der Waals surface area contributed by atoms with Crippen molar-refractivity contribution in [3.8, 4) is 11.3 Å². The van der Waals surface area contributed by atoms with Gasteiger partial charge in [-0.3, -0.25) is 4.99 Å². The molecule has 3 aromatic rings. The van der Waals surface area contributed by atoms with E-state index in [4.69, 9.17) is 0 Å². The number of nitrogens with one attached hydrogen (secondary N) is 2. The van der Waals surface area contributed by atoms with Gasteiger partial charge >= 0.3 is 0 Å². The van der Waals surface area contributed by atoms with E-state index in [0.717, 1.165) is 46.2 Å². The molecule has 0 radical (unpaired) electrons. The standard InChI is InChI=1S/C18H17N5/c1-12-5-2-3-7-15(12)22-18-20-10-8-16(23-18)14-11-21-17-13(14)6-4-9-19-17/h2-3,5-8,10-11H,4,9H2,1H3,(H,19,21)(H,20,22,23). The number of hydrogen-bond acceptors (Lipinski definition) is 4. The molecule has 0 atom stereocenters. The Bertz CT molecular complexity index is 971. The number of hydrogen-bond donors (Lipinski definition) is 2. The van der Waals surface area contributed by atoms with Crippen LogP contribution in [0.25, 0.3) is 17.3 Å². The van der Waals surface area contributed by atoms with E-state index in [-0.39, 0.29) is 0 Å². The van der Waals surface area contributed by atoms with Crippen molar-refractivity contribution in [3.63, 3.8) is 0 Å². The molecule has 23 heavy (non-hydrogen) atoms. The smallest absolute Gasteiger partial charge is 0.227 e. The van der Waals surface area contributed by atoms with E-state index >= 15 is 0 Å². The molecule has 3 heterocycles. The molecule has 1 aliphatic heterocycles. The van der Waals surface area contributed by atoms with Crippen molar-refractivity contribution in [2.45, 2.75) is 13.3 Å². The number of aromatic amines is 1. The van der Waals surface area contributed by atoms with E-state index in [1.165, 1.54) is 0 Å². The van der Waals surface area contributed by atoms with E-state index in [9.17, 15) is 0 Å². The molecule has 2 aromatic heterocycles. The number of fused-ring (bicyclic) bond motifs is 1. The first-order valence-electron chi connectivity index (χ1n) is 7.69. The second-order valence-electron chi connectivity index (χ2n) is 5.54. The van der Waals surface area contributed by atoms with Crippen LogP contribution in [-0.2, 0) is 0 Å². The van der Waals surface area contributed by atoms with E-state index in [1.54, 1.807) is 6.20 Å². The minimum Gasteiger partial charge on any atom is -0.346 e. The maximum atomic E-state index is 4.66. The molecular formula is C18H17N5. The van der Waals surface area contributed by atoms with Gasteiger partial charge in [-0.2, -0.15) is 0 Å². The fourth-order valence-electron chi connectivity index (χ4n) is 2.76. The van der Waals surface area contributed by atoms with Gasteiger partial charge < -0.3 is 10.3 Å². The lowest BCUT2D eigenvalue weighted by molar-refractivity contribution is 0.936. The third-order valence-electron chi connectivity index (χ3n) is 3.97. The van der Waals surface area contributed by atoms with E-state index < -0.39 is 0 Å². The van der Waals surface area contributed by atoms with Crippen LogP contribution in [0.3, 0.4) is 0 Å². The largest absolute Gasteiger partial charge is 0.346 e. The second-order valence-corrected chi connectivity index (χ2v) is 5.54. The first-order chi connectivity index (χ1) is 11.3. The topological polar surface area (TPSA) is 66.0 Å². The van der Waals surface area contributed by atoms with Crippen molar-refractivity contribution in [3.05, 3.63) is 59.0 Å². The molecule has 1 aliphatic rings. The molecule has 0 aliphatic carbocycles. The summed E-state index contributed by atoms with van der Waals surface area (Å²) in [5.74, 6) is 0.597. The van der Waals surface area contributed by atoms with Crippen LogP contribution in [0, 0.1) is 6.92 Å². The fraction of sp³-hybridized carbons (Fsp3) is 0.167. The summed E-state index contributed by atoms with van der Waals surface area (Å²) < 4.78 is 0. The lowest BCUT2D eigenvalue weighted by Gasteiger charge is -2.08. The number of aryl methyl sites for hydroxylation is 1. The van der Waals surface area contributed by atoms with Gasteiger partial charge in [0.25, 0.3) is 0 Å². The molecule has 0 bridgehead atoms. The highest BCUT2D eigenvalue weighted by Crippen LogP contribution is 2.19. The summed E-state index contributed by atoms with van der Waals surface area (Å²) in [6.07, 6.45) is 6.93. The van der Waals surface area contributed by atoms with Crippen molar-refractivity contribution in [2.24, 2.45) is 4.99 Å². The van der Waals surface area contributed by atoms with Gasteiger partial charge in [-0.1, -0.05) is 24.3 Å². The zero-order valence-corrected chi connectivity index (χ0v) is 12.9. The number of rotatable bonds is 3. The van der Waals surface area contributed by atoms with Crippen LogP contribution in [0.15, 0.2) is 47.7 Å². The predicted molar refractivity (Wildman–Crippen MR) is 91.0 cm³/mol.